The topological polar surface area (TPSA) is 174 Å². The second-order valence-corrected chi connectivity index (χ2v) is 5.40. The minimum absolute atomic E-state index is 0.0922. The number of methoxy groups -OCH3 is 2. The molecular formula is C15H22O11. The summed E-state index contributed by atoms with van der Waals surface area (Å²) in [5.41, 5.74) is -2.76. The number of esters is 3. The van der Waals surface area contributed by atoms with Gasteiger partial charge >= 0.3 is 29.8 Å². The molecule has 0 spiro atoms. The van der Waals surface area contributed by atoms with Crippen LogP contribution in [0.2, 0.25) is 0 Å². The van der Waals surface area contributed by atoms with Crippen LogP contribution < -0.4 is 0 Å². The lowest BCUT2D eigenvalue weighted by Gasteiger charge is -2.20. The first kappa shape index (κ1) is 23.3. The van der Waals surface area contributed by atoms with Gasteiger partial charge in [0.15, 0.2) is 11.5 Å². The first-order chi connectivity index (χ1) is 12.1. The van der Waals surface area contributed by atoms with Crippen LogP contribution in [0.3, 0.4) is 0 Å². The fourth-order valence-electron chi connectivity index (χ4n) is 2.01. The molecule has 3 N–H and O–H groups in total. The highest BCUT2D eigenvalue weighted by Gasteiger charge is 2.41. The van der Waals surface area contributed by atoms with Crippen LogP contribution in [0.4, 0.5) is 0 Å². The van der Waals surface area contributed by atoms with Crippen molar-refractivity contribution in [1.29, 1.82) is 0 Å². The first-order valence-corrected chi connectivity index (χ1v) is 7.56. The molecule has 0 aromatic rings. The lowest BCUT2D eigenvalue weighted by Crippen LogP contribution is -2.43. The van der Waals surface area contributed by atoms with Gasteiger partial charge in [0.1, 0.15) is 0 Å². The van der Waals surface area contributed by atoms with E-state index in [4.69, 9.17) is 14.9 Å². The summed E-state index contributed by atoms with van der Waals surface area (Å²) in [4.78, 5) is 56.0. The zero-order chi connectivity index (χ0) is 20.3. The van der Waals surface area contributed by atoms with Crippen molar-refractivity contribution in [3.8, 4) is 0 Å². The number of ether oxygens (including phenoxy) is 3. The second kappa shape index (κ2) is 11.0. The van der Waals surface area contributed by atoms with Crippen LogP contribution in [-0.2, 0) is 38.2 Å². The average molecular weight is 378 g/mol. The molecule has 11 heteroatoms. The molecule has 0 radical (unpaired) electrons. The van der Waals surface area contributed by atoms with Gasteiger partial charge in [0.25, 0.3) is 0 Å². The molecule has 0 aliphatic carbocycles. The third-order valence-corrected chi connectivity index (χ3v) is 3.40. The number of hydrogen-bond donors (Lipinski definition) is 3. The summed E-state index contributed by atoms with van der Waals surface area (Å²) in [6.07, 6.45) is -1.56. The predicted molar refractivity (Wildman–Crippen MR) is 81.8 cm³/mol. The Morgan fingerprint density at radius 1 is 0.923 bits per heavy atom. The van der Waals surface area contributed by atoms with Crippen LogP contribution in [-0.4, -0.2) is 71.6 Å². The highest BCUT2D eigenvalue weighted by Crippen LogP contribution is 2.17. The highest BCUT2D eigenvalue weighted by atomic mass is 16.5. The van der Waals surface area contributed by atoms with E-state index in [1.165, 1.54) is 0 Å². The predicted octanol–water partition coefficient (Wildman–Crippen LogP) is -0.657. The molecule has 0 amide bonds. The SMILES string of the molecule is COC(=O)C(CCCCOC(=O)CC(O)(CC(=O)O)C(=O)O)C(=O)OC. The standard InChI is InChI=1S/C15H22O11/c1-24-12(19)9(13(20)25-2)5-3-4-6-26-11(18)8-15(23,14(21)22)7-10(16)17/h9,23H,3-8H2,1-2H3,(H,16,17)(H,21,22). The molecule has 0 aromatic heterocycles. The van der Waals surface area contributed by atoms with Crippen molar-refractivity contribution in [1.82, 2.24) is 0 Å². The average Bonchev–Trinajstić information content (AvgIpc) is 2.55. The number of carbonyl (C=O) groups is 5. The van der Waals surface area contributed by atoms with Gasteiger partial charge in [-0.3, -0.25) is 19.2 Å². The van der Waals surface area contributed by atoms with Crippen molar-refractivity contribution in [2.45, 2.75) is 37.7 Å². The number of rotatable bonds is 12. The maximum absolute atomic E-state index is 11.6. The molecule has 0 saturated carbocycles. The summed E-state index contributed by atoms with van der Waals surface area (Å²) < 4.78 is 13.7. The second-order valence-electron chi connectivity index (χ2n) is 5.40. The van der Waals surface area contributed by atoms with Gasteiger partial charge in [-0.1, -0.05) is 0 Å². The summed E-state index contributed by atoms with van der Waals surface area (Å²) in [6.45, 7) is -0.170. The van der Waals surface area contributed by atoms with Gasteiger partial charge in [0.2, 0.25) is 0 Å². The molecule has 1 unspecified atom stereocenters. The van der Waals surface area contributed by atoms with Crippen LogP contribution in [0.25, 0.3) is 0 Å². The molecule has 0 aliphatic rings. The Morgan fingerprint density at radius 2 is 1.46 bits per heavy atom. The van der Waals surface area contributed by atoms with E-state index in [2.05, 4.69) is 9.47 Å². The van der Waals surface area contributed by atoms with Crippen molar-refractivity contribution in [3.05, 3.63) is 0 Å². The number of aliphatic carboxylic acids is 2. The number of carboxylic acids is 2. The normalized spacial score (nSPS) is 12.8. The van der Waals surface area contributed by atoms with E-state index in [-0.39, 0.29) is 19.4 Å². The number of unbranched alkanes of at least 4 members (excludes halogenated alkanes) is 1. The number of carboxylic acid groups (broad SMARTS) is 2. The summed E-state index contributed by atoms with van der Waals surface area (Å²) in [7, 11) is 2.25. The van der Waals surface area contributed by atoms with E-state index >= 15 is 0 Å². The fraction of sp³-hybridized carbons (Fsp3) is 0.667. The first-order valence-electron chi connectivity index (χ1n) is 7.56. The molecule has 26 heavy (non-hydrogen) atoms. The van der Waals surface area contributed by atoms with E-state index in [1.54, 1.807) is 0 Å². The number of aliphatic hydroxyl groups is 1. The Bertz CT molecular complexity index is 526. The number of carbonyl (C=O) groups excluding carboxylic acids is 3. The Labute approximate surface area is 148 Å². The molecule has 0 heterocycles. The van der Waals surface area contributed by atoms with E-state index < -0.39 is 54.2 Å². The van der Waals surface area contributed by atoms with Gasteiger partial charge in [0, 0.05) is 0 Å². The van der Waals surface area contributed by atoms with Crippen LogP contribution in [0.15, 0.2) is 0 Å². The van der Waals surface area contributed by atoms with Gasteiger partial charge in [-0.05, 0) is 19.3 Å². The Kier molecular flexibility index (Phi) is 9.89. The van der Waals surface area contributed by atoms with E-state index in [0.29, 0.717) is 6.42 Å². The summed E-state index contributed by atoms with van der Waals surface area (Å²) >= 11 is 0. The molecule has 0 bridgehead atoms. The number of hydrogen-bond acceptors (Lipinski definition) is 9. The maximum atomic E-state index is 11.6. The van der Waals surface area contributed by atoms with Crippen LogP contribution in [0.1, 0.15) is 32.1 Å². The van der Waals surface area contributed by atoms with Gasteiger partial charge in [-0.15, -0.1) is 0 Å². The minimum atomic E-state index is -2.76. The van der Waals surface area contributed by atoms with Crippen molar-refractivity contribution >= 4 is 29.8 Å². The Morgan fingerprint density at radius 3 is 1.88 bits per heavy atom. The van der Waals surface area contributed by atoms with Crippen LogP contribution >= 0.6 is 0 Å². The Hall–Kier alpha value is -2.69. The molecule has 0 fully saturated rings. The lowest BCUT2D eigenvalue weighted by atomic mass is 9.96. The summed E-state index contributed by atoms with van der Waals surface area (Å²) in [5, 5.41) is 27.1. The highest BCUT2D eigenvalue weighted by molar-refractivity contribution is 5.94. The lowest BCUT2D eigenvalue weighted by molar-refractivity contribution is -0.172. The molecule has 148 valence electrons. The largest absolute Gasteiger partial charge is 0.481 e. The molecule has 0 aliphatic heterocycles. The summed E-state index contributed by atoms with van der Waals surface area (Å²) in [5.74, 6) is -7.14. The maximum Gasteiger partial charge on any atom is 0.336 e. The van der Waals surface area contributed by atoms with Crippen LogP contribution in [0, 0.1) is 5.92 Å². The zero-order valence-electron chi connectivity index (χ0n) is 14.4. The zero-order valence-corrected chi connectivity index (χ0v) is 14.4. The smallest absolute Gasteiger partial charge is 0.336 e. The molecule has 0 saturated heterocycles. The molecule has 1 atom stereocenters. The van der Waals surface area contributed by atoms with E-state index in [0.717, 1.165) is 14.2 Å². The third-order valence-electron chi connectivity index (χ3n) is 3.40. The Balaban J connectivity index is 4.36. The van der Waals surface area contributed by atoms with Crippen molar-refractivity contribution in [2.24, 2.45) is 5.92 Å². The minimum Gasteiger partial charge on any atom is -0.481 e. The fourth-order valence-corrected chi connectivity index (χ4v) is 2.01. The monoisotopic (exact) mass is 378 g/mol. The summed E-state index contributed by atoms with van der Waals surface area (Å²) in [6, 6.07) is 0. The van der Waals surface area contributed by atoms with Crippen molar-refractivity contribution in [3.63, 3.8) is 0 Å². The van der Waals surface area contributed by atoms with Gasteiger partial charge in [-0.25, -0.2) is 4.79 Å². The third kappa shape index (κ3) is 7.92. The quantitative estimate of drug-likeness (QED) is 0.170. The molecular weight excluding hydrogens is 356 g/mol. The molecule has 11 nitrogen and oxygen atoms in total. The van der Waals surface area contributed by atoms with Crippen molar-refractivity contribution < 1.29 is 53.5 Å². The van der Waals surface area contributed by atoms with Crippen molar-refractivity contribution in [2.75, 3.05) is 20.8 Å². The van der Waals surface area contributed by atoms with Gasteiger partial charge in [0.05, 0.1) is 33.7 Å². The van der Waals surface area contributed by atoms with Gasteiger partial charge in [-0.2, -0.15) is 0 Å². The van der Waals surface area contributed by atoms with Gasteiger partial charge < -0.3 is 29.5 Å². The van der Waals surface area contributed by atoms with E-state index in [9.17, 15) is 29.1 Å². The molecule has 0 rings (SSSR count). The van der Waals surface area contributed by atoms with Crippen LogP contribution in [0.5, 0.6) is 0 Å². The van der Waals surface area contributed by atoms with E-state index in [1.807, 2.05) is 0 Å². The molecule has 0 aromatic carbocycles.